The lowest BCUT2D eigenvalue weighted by Crippen LogP contribution is -2.38. The topological polar surface area (TPSA) is 45.7 Å². The highest BCUT2D eigenvalue weighted by molar-refractivity contribution is 14.0. The first-order valence-corrected chi connectivity index (χ1v) is 8.08. The van der Waals surface area contributed by atoms with Crippen molar-refractivity contribution in [1.82, 2.24) is 10.6 Å². The molecule has 0 aliphatic carbocycles. The molecular formula is C18H32IN3O. The van der Waals surface area contributed by atoms with Crippen LogP contribution in [0.4, 0.5) is 0 Å². The van der Waals surface area contributed by atoms with Gasteiger partial charge in [0.1, 0.15) is 0 Å². The average Bonchev–Trinajstić information content (AvgIpc) is 2.48. The summed E-state index contributed by atoms with van der Waals surface area (Å²) in [6.45, 7) is 11.9. The molecule has 0 aliphatic heterocycles. The van der Waals surface area contributed by atoms with Crippen molar-refractivity contribution in [3.63, 3.8) is 0 Å². The molecule has 0 saturated heterocycles. The number of nitrogens with zero attached hydrogens (tertiary/aromatic N) is 1. The lowest BCUT2D eigenvalue weighted by Gasteiger charge is -2.19. The van der Waals surface area contributed by atoms with Crippen molar-refractivity contribution in [3.05, 3.63) is 35.4 Å². The Kier molecular flexibility index (Phi) is 11.3. The summed E-state index contributed by atoms with van der Waals surface area (Å²) in [5.41, 5.74) is 2.77. The van der Waals surface area contributed by atoms with E-state index in [-0.39, 0.29) is 29.4 Å². The number of nitrogens with one attached hydrogen (secondary N) is 2. The molecule has 0 radical (unpaired) electrons. The fourth-order valence-corrected chi connectivity index (χ4v) is 2.05. The SMILES string of the molecule is CCNC(=NCc1ccc(C(C)(C)C)cc1)NCCCOC.I. The molecule has 0 amide bonds. The van der Waals surface area contributed by atoms with Gasteiger partial charge in [-0.25, -0.2) is 4.99 Å². The summed E-state index contributed by atoms with van der Waals surface area (Å²) in [5.74, 6) is 0.860. The molecular weight excluding hydrogens is 401 g/mol. The normalized spacial score (nSPS) is 11.8. The number of methoxy groups -OCH3 is 1. The fourth-order valence-electron chi connectivity index (χ4n) is 2.05. The van der Waals surface area contributed by atoms with E-state index in [0.29, 0.717) is 6.54 Å². The average molecular weight is 433 g/mol. The van der Waals surface area contributed by atoms with Crippen LogP contribution in [0.15, 0.2) is 29.3 Å². The molecule has 4 nitrogen and oxygen atoms in total. The third-order valence-corrected chi connectivity index (χ3v) is 3.40. The second-order valence-corrected chi connectivity index (χ2v) is 6.42. The summed E-state index contributed by atoms with van der Waals surface area (Å²) in [6.07, 6.45) is 0.973. The van der Waals surface area contributed by atoms with Gasteiger partial charge in [-0.1, -0.05) is 45.0 Å². The zero-order valence-corrected chi connectivity index (χ0v) is 17.4. The summed E-state index contributed by atoms with van der Waals surface area (Å²) in [6, 6.07) is 8.73. The number of benzene rings is 1. The number of guanidine groups is 1. The summed E-state index contributed by atoms with van der Waals surface area (Å²) >= 11 is 0. The van der Waals surface area contributed by atoms with Crippen molar-refractivity contribution in [2.75, 3.05) is 26.8 Å². The number of rotatable bonds is 7. The predicted molar refractivity (Wildman–Crippen MR) is 110 cm³/mol. The van der Waals surface area contributed by atoms with Gasteiger partial charge in [-0.05, 0) is 29.9 Å². The molecule has 0 fully saturated rings. The molecule has 0 atom stereocenters. The van der Waals surface area contributed by atoms with E-state index >= 15 is 0 Å². The van der Waals surface area contributed by atoms with Crippen LogP contribution >= 0.6 is 24.0 Å². The van der Waals surface area contributed by atoms with E-state index in [9.17, 15) is 0 Å². The van der Waals surface area contributed by atoms with Gasteiger partial charge in [0.05, 0.1) is 6.54 Å². The lowest BCUT2D eigenvalue weighted by atomic mass is 9.87. The molecule has 0 aromatic heterocycles. The third-order valence-electron chi connectivity index (χ3n) is 3.40. The molecule has 132 valence electrons. The van der Waals surface area contributed by atoms with Gasteiger partial charge in [-0.15, -0.1) is 24.0 Å². The zero-order valence-electron chi connectivity index (χ0n) is 15.1. The first kappa shape index (κ1) is 22.2. The fraction of sp³-hybridized carbons (Fsp3) is 0.611. The number of ether oxygens (including phenoxy) is 1. The van der Waals surface area contributed by atoms with Gasteiger partial charge in [0.25, 0.3) is 0 Å². The van der Waals surface area contributed by atoms with Gasteiger partial charge in [-0.2, -0.15) is 0 Å². The monoisotopic (exact) mass is 433 g/mol. The molecule has 5 heteroatoms. The summed E-state index contributed by atoms with van der Waals surface area (Å²) in [7, 11) is 1.72. The van der Waals surface area contributed by atoms with Crippen molar-refractivity contribution >= 4 is 29.9 Å². The van der Waals surface area contributed by atoms with Gasteiger partial charge < -0.3 is 15.4 Å². The van der Waals surface area contributed by atoms with Gasteiger partial charge >= 0.3 is 0 Å². The van der Waals surface area contributed by atoms with Crippen molar-refractivity contribution in [2.45, 2.75) is 46.1 Å². The van der Waals surface area contributed by atoms with Crippen LogP contribution in [0.1, 0.15) is 45.2 Å². The van der Waals surface area contributed by atoms with Crippen LogP contribution in [0.5, 0.6) is 0 Å². The Labute approximate surface area is 158 Å². The molecule has 23 heavy (non-hydrogen) atoms. The van der Waals surface area contributed by atoms with Crippen LogP contribution in [-0.4, -0.2) is 32.8 Å². The van der Waals surface area contributed by atoms with Crippen LogP contribution in [0.3, 0.4) is 0 Å². The van der Waals surface area contributed by atoms with E-state index < -0.39 is 0 Å². The van der Waals surface area contributed by atoms with Gasteiger partial charge in [-0.3, -0.25) is 0 Å². The van der Waals surface area contributed by atoms with Gasteiger partial charge in [0.2, 0.25) is 0 Å². The molecule has 2 N–H and O–H groups in total. The Balaban J connectivity index is 0.00000484. The minimum absolute atomic E-state index is 0. The smallest absolute Gasteiger partial charge is 0.191 e. The minimum Gasteiger partial charge on any atom is -0.385 e. The molecule has 0 heterocycles. The van der Waals surface area contributed by atoms with E-state index in [0.717, 1.165) is 32.1 Å². The number of hydrogen-bond acceptors (Lipinski definition) is 2. The van der Waals surface area contributed by atoms with Gasteiger partial charge in [0, 0.05) is 26.8 Å². The van der Waals surface area contributed by atoms with Crippen LogP contribution in [0, 0.1) is 0 Å². The quantitative estimate of drug-likeness (QED) is 0.299. The zero-order chi connectivity index (χ0) is 16.4. The van der Waals surface area contributed by atoms with Crippen molar-refractivity contribution in [3.8, 4) is 0 Å². The standard InChI is InChI=1S/C18H31N3O.HI/c1-6-19-17(20-12-7-13-22-5)21-14-15-8-10-16(11-9-15)18(2,3)4;/h8-11H,6-7,12-14H2,1-5H3,(H2,19,20,21);1H. The molecule has 0 unspecified atom stereocenters. The molecule has 1 aromatic rings. The van der Waals surface area contributed by atoms with E-state index in [4.69, 9.17) is 4.74 Å². The minimum atomic E-state index is 0. The molecule has 1 rings (SSSR count). The Morgan fingerprint density at radius 2 is 1.78 bits per heavy atom. The number of aliphatic imine (C=N–C) groups is 1. The van der Waals surface area contributed by atoms with Crippen LogP contribution in [0.2, 0.25) is 0 Å². The number of hydrogen-bond donors (Lipinski definition) is 2. The van der Waals surface area contributed by atoms with Gasteiger partial charge in [0.15, 0.2) is 5.96 Å². The van der Waals surface area contributed by atoms with E-state index in [1.54, 1.807) is 7.11 Å². The Morgan fingerprint density at radius 3 is 2.30 bits per heavy atom. The second kappa shape index (κ2) is 11.7. The molecule has 0 bridgehead atoms. The Morgan fingerprint density at radius 1 is 1.13 bits per heavy atom. The predicted octanol–water partition coefficient (Wildman–Crippen LogP) is 3.69. The van der Waals surface area contributed by atoms with Crippen LogP contribution < -0.4 is 10.6 Å². The second-order valence-electron chi connectivity index (χ2n) is 6.42. The highest BCUT2D eigenvalue weighted by Gasteiger charge is 2.12. The Bertz CT molecular complexity index is 452. The molecule has 0 saturated carbocycles. The van der Waals surface area contributed by atoms with Crippen LogP contribution in [-0.2, 0) is 16.7 Å². The lowest BCUT2D eigenvalue weighted by molar-refractivity contribution is 0.195. The van der Waals surface area contributed by atoms with Crippen molar-refractivity contribution < 1.29 is 4.74 Å². The summed E-state index contributed by atoms with van der Waals surface area (Å²) < 4.78 is 5.05. The number of halogens is 1. The van der Waals surface area contributed by atoms with Crippen molar-refractivity contribution in [2.24, 2.45) is 4.99 Å². The maximum Gasteiger partial charge on any atom is 0.191 e. The van der Waals surface area contributed by atoms with Crippen LogP contribution in [0.25, 0.3) is 0 Å². The highest BCUT2D eigenvalue weighted by Crippen LogP contribution is 2.22. The third kappa shape index (κ3) is 9.15. The summed E-state index contributed by atoms with van der Waals surface area (Å²) in [5, 5.41) is 6.58. The Hall–Kier alpha value is -0.820. The van der Waals surface area contributed by atoms with E-state index in [1.165, 1.54) is 11.1 Å². The first-order chi connectivity index (χ1) is 10.5. The molecule has 0 aliphatic rings. The highest BCUT2D eigenvalue weighted by atomic mass is 127. The van der Waals surface area contributed by atoms with Crippen molar-refractivity contribution in [1.29, 1.82) is 0 Å². The maximum atomic E-state index is 5.05. The largest absolute Gasteiger partial charge is 0.385 e. The van der Waals surface area contributed by atoms with E-state index in [1.807, 2.05) is 0 Å². The molecule has 1 aromatic carbocycles. The first-order valence-electron chi connectivity index (χ1n) is 8.08. The maximum absolute atomic E-state index is 5.05. The molecule has 0 spiro atoms. The summed E-state index contributed by atoms with van der Waals surface area (Å²) in [4.78, 5) is 4.63. The van der Waals surface area contributed by atoms with E-state index in [2.05, 4.69) is 67.6 Å².